The summed E-state index contributed by atoms with van der Waals surface area (Å²) in [5.74, 6) is 0.560. The molecule has 0 aromatic heterocycles. The lowest BCUT2D eigenvalue weighted by molar-refractivity contribution is 0.0695. The minimum atomic E-state index is -0.988. The van der Waals surface area contributed by atoms with Gasteiger partial charge in [-0.25, -0.2) is 4.79 Å². The van der Waals surface area contributed by atoms with Gasteiger partial charge in [-0.2, -0.15) is 0 Å². The number of nitrogens with zero attached hydrogens (tertiary/aromatic N) is 4. The highest BCUT2D eigenvalue weighted by Gasteiger charge is 2.35. The smallest absolute Gasteiger partial charge is 0.335 e. The van der Waals surface area contributed by atoms with Crippen molar-refractivity contribution in [2.75, 3.05) is 33.2 Å². The summed E-state index contributed by atoms with van der Waals surface area (Å²) in [7, 11) is 3.08. The van der Waals surface area contributed by atoms with Crippen molar-refractivity contribution < 1.29 is 38.4 Å². The normalized spacial score (nSPS) is 17.8. The molecular formula is C44H41N5O8. The average Bonchev–Trinajstić information content (AvgIpc) is 3.80. The molecule has 4 aliphatic heterocycles. The number of carbonyl (C=O) groups is 3. The van der Waals surface area contributed by atoms with Crippen LogP contribution in [0.15, 0.2) is 95.2 Å². The maximum Gasteiger partial charge on any atom is 0.335 e. The van der Waals surface area contributed by atoms with Crippen LogP contribution < -0.4 is 24.7 Å². The third-order valence-electron chi connectivity index (χ3n) is 10.5. The van der Waals surface area contributed by atoms with Crippen molar-refractivity contribution in [3.8, 4) is 23.0 Å². The largest absolute Gasteiger partial charge is 0.493 e. The van der Waals surface area contributed by atoms with Gasteiger partial charge in [0.25, 0.3) is 11.8 Å². The summed E-state index contributed by atoms with van der Waals surface area (Å²) < 4.78 is 23.5. The van der Waals surface area contributed by atoms with Crippen LogP contribution in [0.5, 0.6) is 23.0 Å². The number of aliphatic imine (C=N–C) groups is 2. The predicted molar refractivity (Wildman–Crippen MR) is 216 cm³/mol. The van der Waals surface area contributed by atoms with Crippen LogP contribution in [-0.4, -0.2) is 84.6 Å². The lowest BCUT2D eigenvalue weighted by atomic mass is 10.0. The minimum Gasteiger partial charge on any atom is -0.493 e. The van der Waals surface area contributed by atoms with Gasteiger partial charge in [-0.15, -0.1) is 0 Å². The first-order chi connectivity index (χ1) is 27.7. The zero-order chi connectivity index (χ0) is 39.6. The van der Waals surface area contributed by atoms with Crippen LogP contribution in [0.1, 0.15) is 74.3 Å². The van der Waals surface area contributed by atoms with Gasteiger partial charge in [-0.05, 0) is 77.9 Å². The number of ether oxygens (including phenoxy) is 4. The molecule has 0 saturated carbocycles. The van der Waals surface area contributed by atoms with E-state index < -0.39 is 5.97 Å². The predicted octanol–water partition coefficient (Wildman–Crippen LogP) is 7.56. The summed E-state index contributed by atoms with van der Waals surface area (Å²) in [6, 6.07) is 20.6. The van der Waals surface area contributed by atoms with Crippen LogP contribution in [0.4, 0.5) is 17.1 Å². The van der Waals surface area contributed by atoms with Gasteiger partial charge in [-0.1, -0.05) is 24.3 Å². The molecule has 57 heavy (non-hydrogen) atoms. The summed E-state index contributed by atoms with van der Waals surface area (Å²) in [6.07, 6.45) is 10.8. The van der Waals surface area contributed by atoms with E-state index in [1.54, 1.807) is 71.7 Å². The number of unbranched alkanes of at least 4 members (excludes halogenated alkanes) is 2. The Bertz CT molecular complexity index is 2370. The number of carbonyl (C=O) groups excluding carboxylic acids is 2. The number of hydrogen-bond acceptors (Lipinski definition) is 10. The first-order valence-electron chi connectivity index (χ1n) is 18.7. The van der Waals surface area contributed by atoms with Gasteiger partial charge in [0.05, 0.1) is 67.6 Å². The molecular weight excluding hydrogens is 727 g/mol. The molecule has 13 nitrogen and oxygen atoms in total. The molecule has 4 heterocycles. The second-order valence-corrected chi connectivity index (χ2v) is 14.1. The fourth-order valence-corrected chi connectivity index (χ4v) is 7.41. The van der Waals surface area contributed by atoms with Gasteiger partial charge in [0.1, 0.15) is 0 Å². The number of benzene rings is 4. The van der Waals surface area contributed by atoms with E-state index >= 15 is 0 Å². The highest BCUT2D eigenvalue weighted by molar-refractivity contribution is 6.06. The van der Waals surface area contributed by atoms with Crippen molar-refractivity contribution in [1.29, 1.82) is 0 Å². The SMILES string of the molecule is COc1cc2c(cc1OCCCCCOc1cc3c(cc1OC)C(=O)N1C=C(c4ccc(C(=O)O)cc4)C[C@H]1C=N3)N=CC1CC(c3ccc(N)cc3)=CN1C2=O. The van der Waals surface area contributed by atoms with Gasteiger partial charge in [-0.3, -0.25) is 19.6 Å². The summed E-state index contributed by atoms with van der Waals surface area (Å²) in [5.41, 5.74) is 12.5. The van der Waals surface area contributed by atoms with E-state index in [2.05, 4.69) is 4.99 Å². The number of nitrogens with two attached hydrogens (primary N) is 1. The third kappa shape index (κ3) is 7.43. The number of nitrogen functional groups attached to an aromatic ring is 1. The Morgan fingerprint density at radius 2 is 1.14 bits per heavy atom. The Morgan fingerprint density at radius 3 is 1.58 bits per heavy atom. The molecule has 8 rings (SSSR count). The van der Waals surface area contributed by atoms with Crippen molar-refractivity contribution in [1.82, 2.24) is 9.80 Å². The van der Waals surface area contributed by atoms with Crippen molar-refractivity contribution in [3.05, 3.63) is 113 Å². The number of amides is 2. The number of fused-ring (bicyclic) bond motifs is 4. The first-order valence-corrected chi connectivity index (χ1v) is 18.7. The van der Waals surface area contributed by atoms with E-state index in [4.69, 9.17) is 29.7 Å². The molecule has 290 valence electrons. The number of methoxy groups -OCH3 is 2. The maximum atomic E-state index is 13.7. The molecule has 3 N–H and O–H groups in total. The molecule has 0 fully saturated rings. The van der Waals surface area contributed by atoms with Crippen molar-refractivity contribution in [2.45, 2.75) is 44.2 Å². The van der Waals surface area contributed by atoms with Gasteiger partial charge in [0.15, 0.2) is 23.0 Å². The van der Waals surface area contributed by atoms with E-state index in [1.807, 2.05) is 42.9 Å². The van der Waals surface area contributed by atoms with Gasteiger partial charge in [0.2, 0.25) is 0 Å². The van der Waals surface area contributed by atoms with Crippen molar-refractivity contribution in [3.63, 3.8) is 0 Å². The Kier molecular flexibility index (Phi) is 10.2. The molecule has 2 atom stereocenters. The van der Waals surface area contributed by atoms with Crippen LogP contribution in [0, 0.1) is 0 Å². The molecule has 0 saturated heterocycles. The number of anilines is 1. The van der Waals surface area contributed by atoms with Crippen molar-refractivity contribution in [2.24, 2.45) is 9.98 Å². The van der Waals surface area contributed by atoms with Crippen LogP contribution in [0.3, 0.4) is 0 Å². The zero-order valence-corrected chi connectivity index (χ0v) is 31.5. The topological polar surface area (TPSA) is 166 Å². The standard InChI is InChI=1S/C44H41N5O8/c1-54-38-18-34-36(46-22-32-16-29(24-48(32)42(34)50)26-6-8-28(9-7-26)44(52)53)20-40(38)56-14-4-3-5-15-57-41-21-37-35(19-39(41)55-2)43(51)49-25-30(17-33(49)23-47-37)27-10-12-31(45)13-11-27/h6-13,18-25,32-33H,3-5,14-17,45H2,1-2H3,(H,52,53)/t32-,33?/m0/s1. The quantitative estimate of drug-likeness (QED) is 0.103. The number of rotatable bonds is 13. The fourth-order valence-electron chi connectivity index (χ4n) is 7.41. The van der Waals surface area contributed by atoms with Gasteiger partial charge < -0.3 is 39.6 Å². The van der Waals surface area contributed by atoms with E-state index in [0.29, 0.717) is 77.2 Å². The van der Waals surface area contributed by atoms with E-state index in [0.717, 1.165) is 41.5 Å². The minimum absolute atomic E-state index is 0.151. The lowest BCUT2D eigenvalue weighted by Crippen LogP contribution is -2.32. The van der Waals surface area contributed by atoms with Crippen LogP contribution in [0.25, 0.3) is 11.1 Å². The number of hydrogen-bond donors (Lipinski definition) is 2. The molecule has 4 aliphatic rings. The molecule has 0 bridgehead atoms. The average molecular weight is 768 g/mol. The molecule has 4 aromatic carbocycles. The highest BCUT2D eigenvalue weighted by Crippen LogP contribution is 2.42. The molecule has 0 aliphatic carbocycles. The molecule has 0 radical (unpaired) electrons. The molecule has 2 amide bonds. The molecule has 1 unspecified atom stereocenters. The van der Waals surface area contributed by atoms with Crippen LogP contribution in [-0.2, 0) is 0 Å². The number of carboxylic acids is 1. The Morgan fingerprint density at radius 1 is 0.684 bits per heavy atom. The van der Waals surface area contributed by atoms with Crippen LogP contribution >= 0.6 is 0 Å². The molecule has 4 aromatic rings. The number of aromatic carboxylic acids is 1. The number of carboxylic acid groups (broad SMARTS) is 1. The van der Waals surface area contributed by atoms with Gasteiger partial charge in [0, 0.05) is 55.5 Å². The van der Waals surface area contributed by atoms with Gasteiger partial charge >= 0.3 is 5.97 Å². The Labute approximate surface area is 329 Å². The third-order valence-corrected chi connectivity index (χ3v) is 10.5. The van der Waals surface area contributed by atoms with E-state index in [9.17, 15) is 19.5 Å². The highest BCUT2D eigenvalue weighted by atomic mass is 16.5. The fraction of sp³-hybridized carbons (Fsp3) is 0.250. The Balaban J connectivity index is 0.849. The summed E-state index contributed by atoms with van der Waals surface area (Å²) >= 11 is 0. The van der Waals surface area contributed by atoms with Crippen LogP contribution in [0.2, 0.25) is 0 Å². The summed E-state index contributed by atoms with van der Waals surface area (Å²) in [5, 5.41) is 9.23. The molecule has 0 spiro atoms. The summed E-state index contributed by atoms with van der Waals surface area (Å²) in [6.45, 7) is 0.842. The summed E-state index contributed by atoms with van der Waals surface area (Å²) in [4.78, 5) is 51.4. The van der Waals surface area contributed by atoms with Crippen molar-refractivity contribution >= 4 is 58.4 Å². The maximum absolute atomic E-state index is 13.7. The van der Waals surface area contributed by atoms with E-state index in [1.165, 1.54) is 7.11 Å². The molecule has 13 heteroatoms. The second-order valence-electron chi connectivity index (χ2n) is 14.1. The zero-order valence-electron chi connectivity index (χ0n) is 31.5. The lowest BCUT2D eigenvalue weighted by Gasteiger charge is -2.19. The monoisotopic (exact) mass is 767 g/mol. The van der Waals surface area contributed by atoms with E-state index in [-0.39, 0.29) is 29.5 Å². The second kappa shape index (κ2) is 15.7. The first kappa shape index (κ1) is 37.1. The Hall–Kier alpha value is -6.89.